The van der Waals surface area contributed by atoms with Gasteiger partial charge in [-0.3, -0.25) is 0 Å². The van der Waals surface area contributed by atoms with Gasteiger partial charge in [-0.15, -0.1) is 0 Å². The van der Waals surface area contributed by atoms with Crippen molar-refractivity contribution >= 4 is 28.8 Å². The smallest absolute Gasteiger partial charge is 0.223 e. The van der Waals surface area contributed by atoms with Gasteiger partial charge in [0.05, 0.1) is 11.6 Å². The molecule has 140 valence electrons. The maximum Gasteiger partial charge on any atom is 0.399 e. The Balaban J connectivity index is 1.95. The number of nitrogens with zero attached hydrogens (tertiary/aromatic N) is 3. The summed E-state index contributed by atoms with van der Waals surface area (Å²) in [6.45, 7) is 1.63. The largest absolute Gasteiger partial charge is 0.399 e. The van der Waals surface area contributed by atoms with Gasteiger partial charge in [0.1, 0.15) is 12.7 Å². The predicted octanol–water partition coefficient (Wildman–Crippen LogP) is 6.32. The molecule has 1 aromatic heterocycles. The number of aromatic nitrogens is 3. The third kappa shape index (κ3) is 4.70. The number of hydrogen-bond acceptors (Lipinski definition) is 2. The van der Waals surface area contributed by atoms with Gasteiger partial charge in [-0.05, 0) is 54.0 Å². The van der Waals surface area contributed by atoms with Crippen LogP contribution in [-0.2, 0) is 0 Å². The second-order valence-electron chi connectivity index (χ2n) is 5.96. The molecule has 0 spiro atoms. The molecular weight excluding hydrogens is 398 g/mol. The van der Waals surface area contributed by atoms with Crippen LogP contribution in [-0.4, -0.2) is 20.9 Å². The normalized spacial score (nSPS) is 13.6. The van der Waals surface area contributed by atoms with Crippen molar-refractivity contribution in [3.05, 3.63) is 82.4 Å². The molecule has 2 aromatic carbocycles. The highest BCUT2D eigenvalue weighted by molar-refractivity contribution is 6.34. The van der Waals surface area contributed by atoms with Crippen molar-refractivity contribution in [1.82, 2.24) is 14.8 Å². The van der Waals surface area contributed by atoms with Gasteiger partial charge in [-0.2, -0.15) is 18.3 Å². The summed E-state index contributed by atoms with van der Waals surface area (Å²) in [6.07, 6.45) is -0.355. The van der Waals surface area contributed by atoms with E-state index >= 15 is 0 Å². The Hall–Kier alpha value is -2.31. The summed E-state index contributed by atoms with van der Waals surface area (Å²) in [5, 5.41) is 4.34. The molecule has 1 atom stereocenters. The van der Waals surface area contributed by atoms with E-state index in [1.165, 1.54) is 30.6 Å². The Kier molecular flexibility index (Phi) is 5.58. The maximum atomic E-state index is 13.6. The average Bonchev–Trinajstić information content (AvgIpc) is 3.12. The van der Waals surface area contributed by atoms with Crippen molar-refractivity contribution in [2.75, 3.05) is 0 Å². The van der Waals surface area contributed by atoms with Crippen LogP contribution in [0.5, 0.6) is 0 Å². The molecule has 0 aliphatic heterocycles. The fourth-order valence-corrected chi connectivity index (χ4v) is 3.24. The third-order valence-corrected chi connectivity index (χ3v) is 4.46. The van der Waals surface area contributed by atoms with Crippen LogP contribution in [0.3, 0.4) is 0 Å². The summed E-state index contributed by atoms with van der Waals surface area (Å²) in [5.41, 5.74) is 1.91. The quantitative estimate of drug-likeness (QED) is 0.502. The van der Waals surface area contributed by atoms with Crippen LogP contribution in [0.25, 0.3) is 11.3 Å². The van der Waals surface area contributed by atoms with Crippen molar-refractivity contribution in [3.8, 4) is 5.69 Å². The molecule has 0 radical (unpaired) electrons. The molecule has 27 heavy (non-hydrogen) atoms. The number of rotatable bonds is 4. The van der Waals surface area contributed by atoms with Crippen molar-refractivity contribution in [2.24, 2.45) is 0 Å². The molecule has 8 heteroatoms. The number of alkyl halides is 3. The first-order valence-electron chi connectivity index (χ1n) is 7.90. The summed E-state index contributed by atoms with van der Waals surface area (Å²) in [5.74, 6) is -1.82. The Morgan fingerprint density at radius 2 is 1.70 bits per heavy atom. The molecular formula is C19H14Cl2F3N3. The number of benzene rings is 2. The van der Waals surface area contributed by atoms with E-state index in [0.717, 1.165) is 5.69 Å². The zero-order valence-electron chi connectivity index (χ0n) is 14.1. The van der Waals surface area contributed by atoms with Gasteiger partial charge >= 0.3 is 6.18 Å². The first-order chi connectivity index (χ1) is 12.7. The van der Waals surface area contributed by atoms with Gasteiger partial charge in [0.25, 0.3) is 0 Å². The Bertz CT molecular complexity index is 929. The molecule has 0 saturated carbocycles. The van der Waals surface area contributed by atoms with E-state index in [4.69, 9.17) is 23.2 Å². The lowest BCUT2D eigenvalue weighted by Crippen LogP contribution is -2.19. The van der Waals surface area contributed by atoms with Gasteiger partial charge in [0, 0.05) is 10.0 Å². The first kappa shape index (κ1) is 19.5. The summed E-state index contributed by atoms with van der Waals surface area (Å²) in [4.78, 5) is 3.86. The molecule has 0 amide bonds. The Morgan fingerprint density at radius 1 is 1.07 bits per heavy atom. The molecule has 3 rings (SSSR count). The molecule has 0 saturated heterocycles. The SMILES string of the molecule is C/C(=C/C(c1cc(Cl)cc(Cl)c1)C(F)(F)F)c1ccc(-n2cncn2)cc1. The third-order valence-electron chi connectivity index (χ3n) is 4.02. The molecule has 0 N–H and O–H groups in total. The van der Waals surface area contributed by atoms with Crippen LogP contribution in [0.4, 0.5) is 13.2 Å². The molecule has 3 aromatic rings. The molecule has 3 nitrogen and oxygen atoms in total. The van der Waals surface area contributed by atoms with E-state index in [2.05, 4.69) is 10.1 Å². The van der Waals surface area contributed by atoms with Crippen LogP contribution in [0.1, 0.15) is 24.0 Å². The summed E-state index contributed by atoms with van der Waals surface area (Å²) in [7, 11) is 0. The molecule has 1 heterocycles. The average molecular weight is 412 g/mol. The fourth-order valence-electron chi connectivity index (χ4n) is 2.70. The van der Waals surface area contributed by atoms with Crippen LogP contribution < -0.4 is 0 Å². The lowest BCUT2D eigenvalue weighted by atomic mass is 9.94. The van der Waals surface area contributed by atoms with E-state index in [1.54, 1.807) is 42.2 Å². The topological polar surface area (TPSA) is 30.7 Å². The zero-order chi connectivity index (χ0) is 19.6. The molecule has 0 aliphatic rings. The predicted molar refractivity (Wildman–Crippen MR) is 100 cm³/mol. The molecule has 0 aliphatic carbocycles. The zero-order valence-corrected chi connectivity index (χ0v) is 15.6. The minimum Gasteiger partial charge on any atom is -0.223 e. The molecule has 1 unspecified atom stereocenters. The van der Waals surface area contributed by atoms with Gasteiger partial charge in [-0.1, -0.05) is 41.4 Å². The maximum absolute atomic E-state index is 13.6. The molecule has 0 bridgehead atoms. The van der Waals surface area contributed by atoms with Crippen LogP contribution in [0.15, 0.2) is 61.2 Å². The van der Waals surface area contributed by atoms with E-state index < -0.39 is 12.1 Å². The summed E-state index contributed by atoms with van der Waals surface area (Å²) < 4.78 is 42.5. The standard InChI is InChI=1S/C19H14Cl2F3N3/c1-12(13-2-4-17(5-3-13)27-11-25-10-26-27)6-18(19(22,23)24)14-7-15(20)9-16(21)8-14/h2-11,18H,1H3/b12-6-. The van der Waals surface area contributed by atoms with Gasteiger partial charge in [0.15, 0.2) is 0 Å². The lowest BCUT2D eigenvalue weighted by molar-refractivity contribution is -0.139. The van der Waals surface area contributed by atoms with Gasteiger partial charge in [-0.25, -0.2) is 9.67 Å². The van der Waals surface area contributed by atoms with E-state index in [0.29, 0.717) is 11.1 Å². The van der Waals surface area contributed by atoms with Crippen molar-refractivity contribution in [2.45, 2.75) is 19.0 Å². The number of allylic oxidation sites excluding steroid dienone is 2. The lowest BCUT2D eigenvalue weighted by Gasteiger charge is -2.19. The fraction of sp³-hybridized carbons (Fsp3) is 0.158. The monoisotopic (exact) mass is 411 g/mol. The highest BCUT2D eigenvalue weighted by atomic mass is 35.5. The van der Waals surface area contributed by atoms with Crippen LogP contribution >= 0.6 is 23.2 Å². The minimum absolute atomic E-state index is 0.00131. The summed E-state index contributed by atoms with van der Waals surface area (Å²) >= 11 is 11.8. The van der Waals surface area contributed by atoms with Crippen molar-refractivity contribution in [1.29, 1.82) is 0 Å². The van der Waals surface area contributed by atoms with E-state index in [1.807, 2.05) is 0 Å². The Morgan fingerprint density at radius 3 is 2.22 bits per heavy atom. The summed E-state index contributed by atoms with van der Waals surface area (Å²) in [6, 6.07) is 11.0. The first-order valence-corrected chi connectivity index (χ1v) is 8.66. The second kappa shape index (κ2) is 7.74. The highest BCUT2D eigenvalue weighted by Gasteiger charge is 2.39. The van der Waals surface area contributed by atoms with Gasteiger partial charge < -0.3 is 0 Å². The van der Waals surface area contributed by atoms with Crippen molar-refractivity contribution < 1.29 is 13.2 Å². The van der Waals surface area contributed by atoms with E-state index in [-0.39, 0.29) is 15.6 Å². The van der Waals surface area contributed by atoms with Gasteiger partial charge in [0.2, 0.25) is 0 Å². The van der Waals surface area contributed by atoms with Crippen LogP contribution in [0.2, 0.25) is 10.0 Å². The van der Waals surface area contributed by atoms with Crippen LogP contribution in [0, 0.1) is 0 Å². The molecule has 0 fully saturated rings. The number of hydrogen-bond donors (Lipinski definition) is 0. The minimum atomic E-state index is -4.48. The number of halogens is 5. The van der Waals surface area contributed by atoms with E-state index in [9.17, 15) is 13.2 Å². The highest BCUT2D eigenvalue weighted by Crippen LogP contribution is 2.39. The Labute approximate surface area is 164 Å². The van der Waals surface area contributed by atoms with Crippen molar-refractivity contribution in [3.63, 3.8) is 0 Å². The second-order valence-corrected chi connectivity index (χ2v) is 6.83.